The third-order valence-electron chi connectivity index (χ3n) is 7.55. The average molecular weight is 479 g/mol. The minimum Gasteiger partial charge on any atom is -0.481 e. The highest BCUT2D eigenvalue weighted by atomic mass is 16.5. The van der Waals surface area contributed by atoms with Crippen molar-refractivity contribution in [1.29, 1.82) is 0 Å². The summed E-state index contributed by atoms with van der Waals surface area (Å²) in [4.78, 5) is 38.3. The van der Waals surface area contributed by atoms with Gasteiger partial charge in [0.05, 0.1) is 24.0 Å². The standard InChI is InChI=1S/C27H30N2O6/c1-27(25(31)32)10-11-29(16-27)24(30)17-12-18(34-14-17)13-28-26(33)35-15-23-21-8-4-2-6-19(21)20-7-3-5-9-22(20)23/h2-9,17-18,23H,10-16H2,1H3,(H,28,33)(H,31,32)/t17-,18-,27?/m0/s1. The van der Waals surface area contributed by atoms with E-state index in [0.29, 0.717) is 19.4 Å². The maximum Gasteiger partial charge on any atom is 0.407 e. The van der Waals surface area contributed by atoms with Crippen molar-refractivity contribution in [3.8, 4) is 11.1 Å². The lowest BCUT2D eigenvalue weighted by Crippen LogP contribution is -2.38. The van der Waals surface area contributed by atoms with Gasteiger partial charge in [-0.25, -0.2) is 4.79 Å². The van der Waals surface area contributed by atoms with Crippen molar-refractivity contribution in [3.05, 3.63) is 59.7 Å². The summed E-state index contributed by atoms with van der Waals surface area (Å²) in [6.07, 6.45) is 0.150. The number of hydrogen-bond acceptors (Lipinski definition) is 5. The molecule has 0 spiro atoms. The second-order valence-corrected chi connectivity index (χ2v) is 9.97. The number of carboxylic acids is 1. The molecule has 35 heavy (non-hydrogen) atoms. The zero-order valence-electron chi connectivity index (χ0n) is 19.7. The summed E-state index contributed by atoms with van der Waals surface area (Å²) in [5.41, 5.74) is 3.77. The molecule has 0 saturated carbocycles. The Labute approximate surface area is 204 Å². The van der Waals surface area contributed by atoms with Crippen molar-refractivity contribution in [3.63, 3.8) is 0 Å². The minimum absolute atomic E-state index is 0.00479. The molecule has 8 nitrogen and oxygen atoms in total. The van der Waals surface area contributed by atoms with E-state index in [9.17, 15) is 19.5 Å². The van der Waals surface area contributed by atoms with Gasteiger partial charge in [0.25, 0.3) is 0 Å². The van der Waals surface area contributed by atoms with Crippen molar-refractivity contribution in [1.82, 2.24) is 10.2 Å². The van der Waals surface area contributed by atoms with Crippen LogP contribution in [0.25, 0.3) is 11.1 Å². The van der Waals surface area contributed by atoms with E-state index in [0.717, 1.165) is 11.1 Å². The third kappa shape index (κ3) is 4.50. The van der Waals surface area contributed by atoms with Crippen LogP contribution in [-0.2, 0) is 19.1 Å². The van der Waals surface area contributed by atoms with Gasteiger partial charge in [0.1, 0.15) is 6.61 Å². The van der Waals surface area contributed by atoms with Gasteiger partial charge >= 0.3 is 12.1 Å². The minimum atomic E-state index is -0.889. The second-order valence-electron chi connectivity index (χ2n) is 9.97. The quantitative estimate of drug-likeness (QED) is 0.660. The Balaban J connectivity index is 1.10. The number of hydrogen-bond donors (Lipinski definition) is 2. The topological polar surface area (TPSA) is 105 Å². The SMILES string of the molecule is CC1(C(=O)O)CCN(C(=O)[C@@H]2CO[C@H](CNC(=O)OCC3c4ccccc4-c4ccccc43)C2)C1. The molecule has 184 valence electrons. The summed E-state index contributed by atoms with van der Waals surface area (Å²) in [6.45, 7) is 3.11. The van der Waals surface area contributed by atoms with Gasteiger partial charge in [-0.15, -0.1) is 0 Å². The first-order valence-corrected chi connectivity index (χ1v) is 12.1. The first-order chi connectivity index (χ1) is 16.9. The molecule has 2 fully saturated rings. The molecule has 2 aromatic carbocycles. The van der Waals surface area contributed by atoms with Crippen molar-refractivity contribution in [2.45, 2.75) is 31.8 Å². The Bertz CT molecular complexity index is 1100. The van der Waals surface area contributed by atoms with Gasteiger partial charge in [-0.3, -0.25) is 9.59 Å². The highest BCUT2D eigenvalue weighted by molar-refractivity contribution is 5.82. The van der Waals surface area contributed by atoms with E-state index in [-0.39, 0.29) is 50.2 Å². The predicted molar refractivity (Wildman–Crippen MR) is 128 cm³/mol. The Morgan fingerprint density at radius 3 is 2.40 bits per heavy atom. The van der Waals surface area contributed by atoms with Crippen LogP contribution >= 0.6 is 0 Å². The lowest BCUT2D eigenvalue weighted by atomic mass is 9.90. The molecule has 2 aromatic rings. The van der Waals surface area contributed by atoms with Gasteiger partial charge in [0.15, 0.2) is 0 Å². The number of benzene rings is 2. The summed E-state index contributed by atoms with van der Waals surface area (Å²) >= 11 is 0. The number of fused-ring (bicyclic) bond motifs is 3. The number of carbonyl (C=O) groups is 3. The van der Waals surface area contributed by atoms with Crippen LogP contribution < -0.4 is 5.32 Å². The summed E-state index contributed by atoms with van der Waals surface area (Å²) in [6, 6.07) is 16.4. The molecule has 1 unspecified atom stereocenters. The molecule has 2 amide bonds. The van der Waals surface area contributed by atoms with Crippen LogP contribution in [0.4, 0.5) is 4.79 Å². The van der Waals surface area contributed by atoms with Gasteiger partial charge in [0.2, 0.25) is 5.91 Å². The number of alkyl carbamates (subject to hydrolysis) is 1. The van der Waals surface area contributed by atoms with Crippen LogP contribution in [0.3, 0.4) is 0 Å². The normalized spacial score (nSPS) is 25.2. The van der Waals surface area contributed by atoms with Crippen LogP contribution in [0.1, 0.15) is 36.8 Å². The molecule has 8 heteroatoms. The van der Waals surface area contributed by atoms with Crippen molar-refractivity contribution in [2.24, 2.45) is 11.3 Å². The van der Waals surface area contributed by atoms with Gasteiger partial charge in [0, 0.05) is 25.6 Å². The summed E-state index contributed by atoms with van der Waals surface area (Å²) in [5, 5.41) is 12.2. The molecule has 2 N–H and O–H groups in total. The van der Waals surface area contributed by atoms with E-state index in [4.69, 9.17) is 9.47 Å². The molecule has 0 bridgehead atoms. The number of rotatable bonds is 6. The molecule has 2 saturated heterocycles. The lowest BCUT2D eigenvalue weighted by molar-refractivity contribution is -0.147. The molecule has 3 atom stereocenters. The molecule has 2 heterocycles. The van der Waals surface area contributed by atoms with E-state index in [1.54, 1.807) is 11.8 Å². The van der Waals surface area contributed by atoms with Gasteiger partial charge in [-0.05, 0) is 42.0 Å². The maximum atomic E-state index is 12.8. The largest absolute Gasteiger partial charge is 0.481 e. The molecular formula is C27H30N2O6. The number of ether oxygens (including phenoxy) is 2. The van der Waals surface area contributed by atoms with Crippen LogP contribution in [0.5, 0.6) is 0 Å². The van der Waals surface area contributed by atoms with Crippen LogP contribution in [-0.4, -0.2) is 66.9 Å². The second kappa shape index (κ2) is 9.34. The molecule has 0 radical (unpaired) electrons. The maximum absolute atomic E-state index is 12.8. The van der Waals surface area contributed by atoms with E-state index < -0.39 is 17.5 Å². The zero-order chi connectivity index (χ0) is 24.6. The van der Waals surface area contributed by atoms with Crippen LogP contribution in [0, 0.1) is 11.3 Å². The smallest absolute Gasteiger partial charge is 0.407 e. The number of nitrogens with zero attached hydrogens (tertiary/aromatic N) is 1. The van der Waals surface area contributed by atoms with Gasteiger partial charge < -0.3 is 24.8 Å². The third-order valence-corrected chi connectivity index (χ3v) is 7.55. The van der Waals surface area contributed by atoms with E-state index in [1.807, 2.05) is 24.3 Å². The van der Waals surface area contributed by atoms with Gasteiger partial charge in [-0.2, -0.15) is 0 Å². The molecule has 3 aliphatic rings. The molecule has 0 aromatic heterocycles. The Morgan fingerprint density at radius 2 is 1.77 bits per heavy atom. The number of likely N-dealkylation sites (tertiary alicyclic amines) is 1. The summed E-state index contributed by atoms with van der Waals surface area (Å²) < 4.78 is 11.3. The molecular weight excluding hydrogens is 448 g/mol. The fourth-order valence-corrected chi connectivity index (χ4v) is 5.45. The highest BCUT2D eigenvalue weighted by Crippen LogP contribution is 2.44. The number of carboxylic acid groups (broad SMARTS) is 1. The first-order valence-electron chi connectivity index (χ1n) is 12.1. The number of carbonyl (C=O) groups excluding carboxylic acids is 2. The Kier molecular flexibility index (Phi) is 6.23. The monoisotopic (exact) mass is 478 g/mol. The van der Waals surface area contributed by atoms with E-state index >= 15 is 0 Å². The number of aliphatic carboxylic acids is 1. The molecule has 2 aliphatic heterocycles. The fourth-order valence-electron chi connectivity index (χ4n) is 5.45. The number of amides is 2. The van der Waals surface area contributed by atoms with Crippen LogP contribution in [0.2, 0.25) is 0 Å². The number of nitrogens with one attached hydrogen (secondary N) is 1. The van der Waals surface area contributed by atoms with Crippen molar-refractivity contribution in [2.75, 3.05) is 32.8 Å². The Morgan fingerprint density at radius 1 is 1.11 bits per heavy atom. The highest BCUT2D eigenvalue weighted by Gasteiger charge is 2.44. The van der Waals surface area contributed by atoms with Crippen LogP contribution in [0.15, 0.2) is 48.5 Å². The van der Waals surface area contributed by atoms with Gasteiger partial charge in [-0.1, -0.05) is 48.5 Å². The predicted octanol–water partition coefficient (Wildman–Crippen LogP) is 3.25. The lowest BCUT2D eigenvalue weighted by Gasteiger charge is -2.22. The van der Waals surface area contributed by atoms with Crippen molar-refractivity contribution >= 4 is 18.0 Å². The average Bonchev–Trinajstić information content (AvgIpc) is 3.58. The van der Waals surface area contributed by atoms with E-state index in [1.165, 1.54) is 11.1 Å². The van der Waals surface area contributed by atoms with E-state index in [2.05, 4.69) is 29.6 Å². The first kappa shape index (κ1) is 23.4. The zero-order valence-corrected chi connectivity index (χ0v) is 19.7. The Hall–Kier alpha value is -3.39. The summed E-state index contributed by atoms with van der Waals surface area (Å²) in [5.74, 6) is -1.27. The molecule has 5 rings (SSSR count). The fraction of sp³-hybridized carbons (Fsp3) is 0.444. The molecule has 1 aliphatic carbocycles. The van der Waals surface area contributed by atoms with Crippen molar-refractivity contribution < 1.29 is 29.0 Å². The summed E-state index contributed by atoms with van der Waals surface area (Å²) in [7, 11) is 0.